The summed E-state index contributed by atoms with van der Waals surface area (Å²) in [7, 11) is 1.52. The second-order valence-electron chi connectivity index (χ2n) is 2.86. The number of ether oxygens (including phenoxy) is 1. The van der Waals surface area contributed by atoms with E-state index in [-0.39, 0.29) is 5.92 Å². The summed E-state index contributed by atoms with van der Waals surface area (Å²) < 4.78 is 5.04. The maximum Gasteiger partial charge on any atom is 0.137 e. The minimum atomic E-state index is -0.270. The van der Waals surface area contributed by atoms with Crippen LogP contribution in [0.25, 0.3) is 0 Å². The lowest BCUT2D eigenvalue weighted by atomic mass is 10.0. The molecule has 0 bridgehead atoms. The van der Waals surface area contributed by atoms with E-state index in [1.54, 1.807) is 19.1 Å². The summed E-state index contributed by atoms with van der Waals surface area (Å²) >= 11 is 11.8. The summed E-state index contributed by atoms with van der Waals surface area (Å²) in [6.07, 6.45) is 0. The molecule has 0 amide bonds. The van der Waals surface area contributed by atoms with Crippen molar-refractivity contribution >= 4 is 23.2 Å². The number of benzene rings is 1. The minimum Gasteiger partial charge on any atom is -0.495 e. The molecule has 1 atom stereocenters. The molecule has 14 heavy (non-hydrogen) atoms. The quantitative estimate of drug-likeness (QED) is 0.777. The van der Waals surface area contributed by atoms with Gasteiger partial charge >= 0.3 is 0 Å². The monoisotopic (exact) mass is 229 g/mol. The van der Waals surface area contributed by atoms with Gasteiger partial charge in [0.05, 0.1) is 24.1 Å². The van der Waals surface area contributed by atoms with E-state index in [9.17, 15) is 0 Å². The smallest absolute Gasteiger partial charge is 0.137 e. The van der Waals surface area contributed by atoms with Gasteiger partial charge in [-0.05, 0) is 24.6 Å². The van der Waals surface area contributed by atoms with Gasteiger partial charge in [0.25, 0.3) is 0 Å². The van der Waals surface area contributed by atoms with Crippen LogP contribution in [0.1, 0.15) is 18.4 Å². The van der Waals surface area contributed by atoms with Gasteiger partial charge in [-0.25, -0.2) is 0 Å². The molecule has 1 aromatic carbocycles. The predicted molar refractivity (Wildman–Crippen MR) is 57.0 cm³/mol. The first-order valence-electron chi connectivity index (χ1n) is 4.02. The van der Waals surface area contributed by atoms with Gasteiger partial charge in [0.2, 0.25) is 0 Å². The number of nitriles is 1. The molecule has 74 valence electrons. The number of nitrogens with zero attached hydrogens (tertiary/aromatic N) is 1. The lowest BCUT2D eigenvalue weighted by Gasteiger charge is -2.09. The topological polar surface area (TPSA) is 33.0 Å². The van der Waals surface area contributed by atoms with Gasteiger partial charge < -0.3 is 4.74 Å². The number of rotatable bonds is 2. The van der Waals surface area contributed by atoms with Crippen LogP contribution in [0.15, 0.2) is 12.1 Å². The highest BCUT2D eigenvalue weighted by molar-refractivity contribution is 6.36. The summed E-state index contributed by atoms with van der Waals surface area (Å²) in [5, 5.41) is 9.70. The molecule has 0 saturated heterocycles. The highest BCUT2D eigenvalue weighted by Gasteiger charge is 2.12. The van der Waals surface area contributed by atoms with Crippen molar-refractivity contribution in [3.63, 3.8) is 0 Å². The Morgan fingerprint density at radius 1 is 1.36 bits per heavy atom. The molecule has 0 aliphatic carbocycles. The van der Waals surface area contributed by atoms with Crippen LogP contribution < -0.4 is 4.74 Å². The van der Waals surface area contributed by atoms with Crippen molar-refractivity contribution < 1.29 is 4.74 Å². The maximum atomic E-state index is 8.76. The van der Waals surface area contributed by atoms with E-state index in [1.807, 2.05) is 0 Å². The van der Waals surface area contributed by atoms with Crippen LogP contribution in [0.5, 0.6) is 5.75 Å². The normalized spacial score (nSPS) is 11.9. The predicted octanol–water partition coefficient (Wildman–Crippen LogP) is 3.63. The van der Waals surface area contributed by atoms with Crippen molar-refractivity contribution in [2.45, 2.75) is 12.8 Å². The van der Waals surface area contributed by atoms with Gasteiger partial charge in [0.1, 0.15) is 5.75 Å². The van der Waals surface area contributed by atoms with E-state index in [4.69, 9.17) is 33.2 Å². The van der Waals surface area contributed by atoms with Crippen LogP contribution in [0, 0.1) is 11.3 Å². The van der Waals surface area contributed by atoms with Crippen LogP contribution in [0.4, 0.5) is 0 Å². The minimum absolute atomic E-state index is 0.270. The molecule has 0 radical (unpaired) electrons. The molecule has 4 heteroatoms. The van der Waals surface area contributed by atoms with E-state index >= 15 is 0 Å². The van der Waals surface area contributed by atoms with Gasteiger partial charge in [0, 0.05) is 5.02 Å². The Morgan fingerprint density at radius 2 is 2.00 bits per heavy atom. The van der Waals surface area contributed by atoms with E-state index in [1.165, 1.54) is 7.11 Å². The third-order valence-corrected chi connectivity index (χ3v) is 2.55. The molecule has 1 unspecified atom stereocenters. The Kier molecular flexibility index (Phi) is 3.62. The average Bonchev–Trinajstić information content (AvgIpc) is 2.17. The molecule has 2 nitrogen and oxygen atoms in total. The first kappa shape index (κ1) is 11.2. The van der Waals surface area contributed by atoms with Gasteiger partial charge in [-0.15, -0.1) is 0 Å². The number of halogens is 2. The zero-order chi connectivity index (χ0) is 10.7. The van der Waals surface area contributed by atoms with Gasteiger partial charge in [0.15, 0.2) is 0 Å². The SMILES string of the molecule is COc1cc(C(C)C#N)c(Cl)cc1Cl. The maximum absolute atomic E-state index is 8.76. The summed E-state index contributed by atoms with van der Waals surface area (Å²) in [5.41, 5.74) is 0.732. The van der Waals surface area contributed by atoms with E-state index in [0.717, 1.165) is 5.56 Å². The molecule has 0 spiro atoms. The molecule has 0 aliphatic heterocycles. The molecule has 0 heterocycles. The molecule has 0 N–H and O–H groups in total. The molecule has 0 saturated carbocycles. The summed E-state index contributed by atoms with van der Waals surface area (Å²) in [6, 6.07) is 5.39. The number of hydrogen-bond acceptors (Lipinski definition) is 2. The first-order chi connectivity index (χ1) is 6.60. The number of hydrogen-bond donors (Lipinski definition) is 0. The lowest BCUT2D eigenvalue weighted by molar-refractivity contribution is 0.414. The Labute approximate surface area is 93.0 Å². The fraction of sp³-hybridized carbons (Fsp3) is 0.300. The molecule has 1 aromatic rings. The summed E-state index contributed by atoms with van der Waals surface area (Å²) in [4.78, 5) is 0. The fourth-order valence-corrected chi connectivity index (χ4v) is 1.73. The third kappa shape index (κ3) is 2.12. The largest absolute Gasteiger partial charge is 0.495 e. The summed E-state index contributed by atoms with van der Waals surface area (Å²) in [5.74, 6) is 0.266. The van der Waals surface area contributed by atoms with E-state index in [2.05, 4.69) is 6.07 Å². The molecule has 1 rings (SSSR count). The fourth-order valence-electron chi connectivity index (χ4n) is 1.10. The average molecular weight is 230 g/mol. The Morgan fingerprint density at radius 3 is 2.50 bits per heavy atom. The highest BCUT2D eigenvalue weighted by atomic mass is 35.5. The van der Waals surface area contributed by atoms with Gasteiger partial charge in [-0.1, -0.05) is 23.2 Å². The Bertz CT molecular complexity index is 384. The standard InChI is InChI=1S/C10H9Cl2NO/c1-6(5-13)7-3-10(14-2)9(12)4-8(7)11/h3-4,6H,1-2H3. The first-order valence-corrected chi connectivity index (χ1v) is 4.78. The van der Waals surface area contributed by atoms with Crippen molar-refractivity contribution in [3.05, 3.63) is 27.7 Å². The van der Waals surface area contributed by atoms with Crippen LogP contribution >= 0.6 is 23.2 Å². The highest BCUT2D eigenvalue weighted by Crippen LogP contribution is 2.34. The molecule has 0 aromatic heterocycles. The van der Waals surface area contributed by atoms with Crippen molar-refractivity contribution in [3.8, 4) is 11.8 Å². The molecule has 0 fully saturated rings. The van der Waals surface area contributed by atoms with Crippen LogP contribution in [0.2, 0.25) is 10.0 Å². The van der Waals surface area contributed by atoms with Crippen molar-refractivity contribution in [2.24, 2.45) is 0 Å². The van der Waals surface area contributed by atoms with Crippen molar-refractivity contribution in [2.75, 3.05) is 7.11 Å². The Hall–Kier alpha value is -0.910. The second kappa shape index (κ2) is 4.54. The molecular formula is C10H9Cl2NO. The summed E-state index contributed by atoms with van der Waals surface area (Å²) in [6.45, 7) is 1.77. The van der Waals surface area contributed by atoms with Crippen molar-refractivity contribution in [1.82, 2.24) is 0 Å². The van der Waals surface area contributed by atoms with Crippen molar-refractivity contribution in [1.29, 1.82) is 5.26 Å². The third-order valence-electron chi connectivity index (χ3n) is 1.93. The van der Waals surface area contributed by atoms with E-state index < -0.39 is 0 Å². The molecule has 0 aliphatic rings. The van der Waals surface area contributed by atoms with Gasteiger partial charge in [-0.2, -0.15) is 5.26 Å². The van der Waals surface area contributed by atoms with Gasteiger partial charge in [-0.3, -0.25) is 0 Å². The van der Waals surface area contributed by atoms with Crippen LogP contribution in [0.3, 0.4) is 0 Å². The lowest BCUT2D eigenvalue weighted by Crippen LogP contribution is -1.93. The zero-order valence-corrected chi connectivity index (χ0v) is 9.36. The second-order valence-corrected chi connectivity index (χ2v) is 3.67. The van der Waals surface area contributed by atoms with E-state index in [0.29, 0.717) is 15.8 Å². The Balaban J connectivity index is 3.25. The molecular weight excluding hydrogens is 221 g/mol. The zero-order valence-electron chi connectivity index (χ0n) is 7.84. The number of methoxy groups -OCH3 is 1. The van der Waals surface area contributed by atoms with Crippen LogP contribution in [-0.2, 0) is 0 Å². The van der Waals surface area contributed by atoms with Crippen LogP contribution in [-0.4, -0.2) is 7.11 Å².